The van der Waals surface area contributed by atoms with Gasteiger partial charge < -0.3 is 10.3 Å². The predicted octanol–water partition coefficient (Wildman–Crippen LogP) is 1.89. The monoisotopic (exact) mass is 193 g/mol. The summed E-state index contributed by atoms with van der Waals surface area (Å²) in [5.41, 5.74) is 7.53. The number of hydrogen-bond donors (Lipinski definition) is 1. The van der Waals surface area contributed by atoms with Crippen LogP contribution in [0.5, 0.6) is 0 Å². The molecule has 0 radical (unpaired) electrons. The van der Waals surface area contributed by atoms with Gasteiger partial charge in [-0.1, -0.05) is 0 Å². The SMILES string of the molecule is CC(C)n1cncc1CCC1(N)CC1. The van der Waals surface area contributed by atoms with E-state index in [1.807, 2.05) is 12.5 Å². The maximum absolute atomic E-state index is 6.06. The molecule has 0 atom stereocenters. The van der Waals surface area contributed by atoms with Crippen LogP contribution in [-0.2, 0) is 6.42 Å². The Balaban J connectivity index is 1.98. The van der Waals surface area contributed by atoms with E-state index in [1.54, 1.807) is 0 Å². The second-order valence-corrected chi connectivity index (χ2v) is 4.75. The molecule has 1 aliphatic rings. The van der Waals surface area contributed by atoms with Crippen molar-refractivity contribution in [2.45, 2.75) is 51.1 Å². The fourth-order valence-electron chi connectivity index (χ4n) is 1.78. The summed E-state index contributed by atoms with van der Waals surface area (Å²) in [4.78, 5) is 4.19. The maximum atomic E-state index is 6.06. The number of aromatic nitrogens is 2. The molecule has 2 rings (SSSR count). The Bertz CT molecular complexity index is 310. The van der Waals surface area contributed by atoms with E-state index in [1.165, 1.54) is 18.5 Å². The van der Waals surface area contributed by atoms with Crippen molar-refractivity contribution < 1.29 is 0 Å². The van der Waals surface area contributed by atoms with E-state index in [0.29, 0.717) is 6.04 Å². The molecule has 1 aromatic heterocycles. The van der Waals surface area contributed by atoms with Gasteiger partial charge in [-0.3, -0.25) is 0 Å². The number of imidazole rings is 1. The number of aryl methyl sites for hydroxylation is 1. The Hall–Kier alpha value is -0.830. The molecule has 0 saturated heterocycles. The van der Waals surface area contributed by atoms with Crippen LogP contribution in [0, 0.1) is 0 Å². The molecule has 0 aliphatic heterocycles. The van der Waals surface area contributed by atoms with Gasteiger partial charge in [-0.2, -0.15) is 0 Å². The molecule has 14 heavy (non-hydrogen) atoms. The summed E-state index contributed by atoms with van der Waals surface area (Å²) in [6.07, 6.45) is 8.44. The molecule has 2 N–H and O–H groups in total. The fourth-order valence-corrected chi connectivity index (χ4v) is 1.78. The minimum absolute atomic E-state index is 0.159. The zero-order valence-corrected chi connectivity index (χ0v) is 9.03. The van der Waals surface area contributed by atoms with Crippen molar-refractivity contribution in [3.8, 4) is 0 Å². The summed E-state index contributed by atoms with van der Waals surface area (Å²) in [5, 5.41) is 0. The van der Waals surface area contributed by atoms with Crippen LogP contribution < -0.4 is 5.73 Å². The average Bonchev–Trinajstić information content (AvgIpc) is 2.68. The van der Waals surface area contributed by atoms with Gasteiger partial charge in [0.25, 0.3) is 0 Å². The van der Waals surface area contributed by atoms with Crippen LogP contribution >= 0.6 is 0 Å². The quantitative estimate of drug-likeness (QED) is 0.793. The lowest BCUT2D eigenvalue weighted by Crippen LogP contribution is -2.22. The van der Waals surface area contributed by atoms with Crippen LogP contribution in [0.1, 0.15) is 44.8 Å². The third kappa shape index (κ3) is 1.98. The number of hydrogen-bond acceptors (Lipinski definition) is 2. The predicted molar refractivity (Wildman–Crippen MR) is 57.1 cm³/mol. The third-order valence-corrected chi connectivity index (χ3v) is 3.07. The summed E-state index contributed by atoms with van der Waals surface area (Å²) >= 11 is 0. The van der Waals surface area contributed by atoms with Gasteiger partial charge in [0.15, 0.2) is 0 Å². The van der Waals surface area contributed by atoms with Crippen LogP contribution in [0.15, 0.2) is 12.5 Å². The van der Waals surface area contributed by atoms with E-state index in [4.69, 9.17) is 5.73 Å². The number of nitrogens with zero attached hydrogens (tertiary/aromatic N) is 2. The van der Waals surface area contributed by atoms with Crippen molar-refractivity contribution in [1.82, 2.24) is 9.55 Å². The molecule has 0 aromatic carbocycles. The highest BCUT2D eigenvalue weighted by molar-refractivity contribution is 5.06. The first kappa shape index (κ1) is 9.71. The van der Waals surface area contributed by atoms with Crippen molar-refractivity contribution in [3.05, 3.63) is 18.2 Å². The van der Waals surface area contributed by atoms with E-state index >= 15 is 0 Å². The average molecular weight is 193 g/mol. The Morgan fingerprint density at radius 2 is 2.29 bits per heavy atom. The summed E-state index contributed by atoms with van der Waals surface area (Å²) in [7, 11) is 0. The topological polar surface area (TPSA) is 43.8 Å². The highest BCUT2D eigenvalue weighted by Gasteiger charge is 2.37. The van der Waals surface area contributed by atoms with Gasteiger partial charge in [0.2, 0.25) is 0 Å². The molecule has 1 saturated carbocycles. The molecule has 1 heterocycles. The standard InChI is InChI=1S/C11H19N3/c1-9(2)14-8-13-7-10(14)3-4-11(12)5-6-11/h7-9H,3-6,12H2,1-2H3. The first-order valence-corrected chi connectivity index (χ1v) is 5.40. The Morgan fingerprint density at radius 3 is 2.86 bits per heavy atom. The Labute approximate surface area is 85.3 Å². The van der Waals surface area contributed by atoms with Gasteiger partial charge in [-0.15, -0.1) is 0 Å². The van der Waals surface area contributed by atoms with Crippen LogP contribution in [0.3, 0.4) is 0 Å². The van der Waals surface area contributed by atoms with Crippen molar-refractivity contribution in [3.63, 3.8) is 0 Å². The lowest BCUT2D eigenvalue weighted by molar-refractivity contribution is 0.541. The molecule has 1 aliphatic carbocycles. The first-order valence-electron chi connectivity index (χ1n) is 5.40. The smallest absolute Gasteiger partial charge is 0.0950 e. The largest absolute Gasteiger partial charge is 0.332 e. The third-order valence-electron chi connectivity index (χ3n) is 3.07. The normalized spacial score (nSPS) is 18.9. The second kappa shape index (κ2) is 3.39. The second-order valence-electron chi connectivity index (χ2n) is 4.75. The Kier molecular flexibility index (Phi) is 2.35. The van der Waals surface area contributed by atoms with Gasteiger partial charge in [0.05, 0.1) is 6.33 Å². The minimum atomic E-state index is 0.159. The molecule has 3 nitrogen and oxygen atoms in total. The highest BCUT2D eigenvalue weighted by Crippen LogP contribution is 2.36. The zero-order valence-electron chi connectivity index (χ0n) is 9.03. The van der Waals surface area contributed by atoms with Crippen LogP contribution in [0.2, 0.25) is 0 Å². The van der Waals surface area contributed by atoms with E-state index in [0.717, 1.165) is 12.8 Å². The van der Waals surface area contributed by atoms with Crippen LogP contribution in [-0.4, -0.2) is 15.1 Å². The van der Waals surface area contributed by atoms with Crippen molar-refractivity contribution in [2.24, 2.45) is 5.73 Å². The maximum Gasteiger partial charge on any atom is 0.0950 e. The first-order chi connectivity index (χ1) is 6.61. The molecule has 1 aromatic rings. The molecule has 3 heteroatoms. The molecular weight excluding hydrogens is 174 g/mol. The zero-order chi connectivity index (χ0) is 10.2. The molecule has 0 unspecified atom stereocenters. The lowest BCUT2D eigenvalue weighted by atomic mass is 10.1. The highest BCUT2D eigenvalue weighted by atomic mass is 15.1. The van der Waals surface area contributed by atoms with E-state index in [9.17, 15) is 0 Å². The molecule has 1 fully saturated rings. The number of nitrogens with two attached hydrogens (primary N) is 1. The fraction of sp³-hybridized carbons (Fsp3) is 0.727. The summed E-state index contributed by atoms with van der Waals surface area (Å²) in [6.45, 7) is 4.36. The van der Waals surface area contributed by atoms with Gasteiger partial charge in [-0.05, 0) is 39.5 Å². The van der Waals surface area contributed by atoms with Gasteiger partial charge in [-0.25, -0.2) is 4.98 Å². The Morgan fingerprint density at radius 1 is 1.57 bits per heavy atom. The van der Waals surface area contributed by atoms with Crippen LogP contribution in [0.4, 0.5) is 0 Å². The molecule has 0 amide bonds. The van der Waals surface area contributed by atoms with Gasteiger partial charge >= 0.3 is 0 Å². The lowest BCUT2D eigenvalue weighted by Gasteiger charge is -2.13. The van der Waals surface area contributed by atoms with Crippen molar-refractivity contribution >= 4 is 0 Å². The molecule has 0 spiro atoms. The van der Waals surface area contributed by atoms with Crippen molar-refractivity contribution in [1.29, 1.82) is 0 Å². The summed E-state index contributed by atoms with van der Waals surface area (Å²) < 4.78 is 2.23. The summed E-state index contributed by atoms with van der Waals surface area (Å²) in [6, 6.07) is 0.500. The molecule has 0 bridgehead atoms. The number of rotatable bonds is 4. The van der Waals surface area contributed by atoms with Crippen molar-refractivity contribution in [2.75, 3.05) is 0 Å². The van der Waals surface area contributed by atoms with Crippen LogP contribution in [0.25, 0.3) is 0 Å². The summed E-state index contributed by atoms with van der Waals surface area (Å²) in [5.74, 6) is 0. The molecular formula is C11H19N3. The molecule has 78 valence electrons. The van der Waals surface area contributed by atoms with Gasteiger partial charge in [0, 0.05) is 23.5 Å². The van der Waals surface area contributed by atoms with E-state index < -0.39 is 0 Å². The minimum Gasteiger partial charge on any atom is -0.332 e. The van der Waals surface area contributed by atoms with E-state index in [-0.39, 0.29) is 5.54 Å². The van der Waals surface area contributed by atoms with Gasteiger partial charge in [0.1, 0.15) is 0 Å². The van der Waals surface area contributed by atoms with E-state index in [2.05, 4.69) is 23.4 Å².